The summed E-state index contributed by atoms with van der Waals surface area (Å²) >= 11 is 0. The van der Waals surface area contributed by atoms with Crippen LogP contribution in [0.1, 0.15) is 18.4 Å². The maximum absolute atomic E-state index is 11.8. The quantitative estimate of drug-likeness (QED) is 0.740. The number of benzene rings is 1. The third-order valence-electron chi connectivity index (χ3n) is 2.99. The van der Waals surface area contributed by atoms with Gasteiger partial charge in [-0.15, -0.1) is 0 Å². The Morgan fingerprint density at radius 1 is 1.41 bits per heavy atom. The van der Waals surface area contributed by atoms with Gasteiger partial charge in [0.25, 0.3) is 0 Å². The Morgan fingerprint density at radius 2 is 2.12 bits per heavy atom. The predicted molar refractivity (Wildman–Crippen MR) is 62.0 cm³/mol. The molecular formula is C13H15NO3. The first-order valence-electron chi connectivity index (χ1n) is 5.64. The van der Waals surface area contributed by atoms with Crippen molar-refractivity contribution in [1.29, 1.82) is 0 Å². The van der Waals surface area contributed by atoms with E-state index in [1.165, 1.54) is 4.90 Å². The van der Waals surface area contributed by atoms with E-state index in [4.69, 9.17) is 4.74 Å². The Labute approximate surface area is 100 Å². The van der Waals surface area contributed by atoms with Gasteiger partial charge in [0.1, 0.15) is 12.6 Å². The number of hydrogen-bond donors (Lipinski definition) is 0. The van der Waals surface area contributed by atoms with Crippen LogP contribution in [0.4, 0.5) is 0 Å². The second kappa shape index (κ2) is 4.99. The predicted octanol–water partition coefficient (Wildman–Crippen LogP) is 1.35. The van der Waals surface area contributed by atoms with Gasteiger partial charge in [-0.05, 0) is 12.0 Å². The number of hydrogen-bond acceptors (Lipinski definition) is 3. The third-order valence-corrected chi connectivity index (χ3v) is 2.99. The van der Waals surface area contributed by atoms with Gasteiger partial charge >= 0.3 is 5.97 Å². The van der Waals surface area contributed by atoms with Crippen LogP contribution in [-0.2, 0) is 20.9 Å². The van der Waals surface area contributed by atoms with E-state index >= 15 is 0 Å². The molecule has 1 fully saturated rings. The molecular weight excluding hydrogens is 218 g/mol. The molecule has 2 rings (SSSR count). The molecule has 0 aliphatic carbocycles. The number of ether oxygens (including phenoxy) is 1. The molecule has 1 aromatic carbocycles. The van der Waals surface area contributed by atoms with Crippen LogP contribution in [0.3, 0.4) is 0 Å². The summed E-state index contributed by atoms with van der Waals surface area (Å²) in [6, 6.07) is 9.09. The van der Waals surface area contributed by atoms with Crippen LogP contribution in [0.15, 0.2) is 30.3 Å². The van der Waals surface area contributed by atoms with E-state index < -0.39 is 6.04 Å². The number of rotatable bonds is 3. The Balaban J connectivity index is 1.88. The van der Waals surface area contributed by atoms with E-state index in [1.54, 1.807) is 7.05 Å². The monoisotopic (exact) mass is 233 g/mol. The van der Waals surface area contributed by atoms with Crippen molar-refractivity contribution in [2.24, 2.45) is 0 Å². The lowest BCUT2D eigenvalue weighted by atomic mass is 10.2. The summed E-state index contributed by atoms with van der Waals surface area (Å²) in [4.78, 5) is 24.5. The zero-order valence-corrected chi connectivity index (χ0v) is 9.76. The molecule has 1 heterocycles. The average molecular weight is 233 g/mol. The van der Waals surface area contributed by atoms with Crippen LogP contribution in [0.25, 0.3) is 0 Å². The van der Waals surface area contributed by atoms with Crippen molar-refractivity contribution in [2.45, 2.75) is 25.5 Å². The Hall–Kier alpha value is -1.84. The fourth-order valence-electron chi connectivity index (χ4n) is 1.90. The molecule has 0 N–H and O–H groups in total. The molecule has 1 atom stereocenters. The minimum Gasteiger partial charge on any atom is -0.459 e. The summed E-state index contributed by atoms with van der Waals surface area (Å²) in [6.45, 7) is 0.262. The normalized spacial score (nSPS) is 19.5. The lowest BCUT2D eigenvalue weighted by molar-refractivity contribution is -0.152. The summed E-state index contributed by atoms with van der Waals surface area (Å²) in [5.41, 5.74) is 0.952. The van der Waals surface area contributed by atoms with Gasteiger partial charge in [-0.2, -0.15) is 0 Å². The van der Waals surface area contributed by atoms with Crippen LogP contribution in [0, 0.1) is 0 Å². The third kappa shape index (κ3) is 2.64. The molecule has 4 heteroatoms. The summed E-state index contributed by atoms with van der Waals surface area (Å²) in [5.74, 6) is -0.311. The average Bonchev–Trinajstić information content (AvgIpc) is 2.69. The van der Waals surface area contributed by atoms with Gasteiger partial charge in [0.2, 0.25) is 5.91 Å². The molecule has 0 spiro atoms. The van der Waals surface area contributed by atoms with Gasteiger partial charge in [0, 0.05) is 13.5 Å². The maximum Gasteiger partial charge on any atom is 0.329 e. The number of carbonyl (C=O) groups is 2. The van der Waals surface area contributed by atoms with Gasteiger partial charge in [-0.1, -0.05) is 30.3 Å². The molecule has 90 valence electrons. The fraction of sp³-hybridized carbons (Fsp3) is 0.385. The molecule has 1 aromatic rings. The molecule has 1 unspecified atom stereocenters. The van der Waals surface area contributed by atoms with Gasteiger partial charge in [-0.25, -0.2) is 4.79 Å². The molecule has 0 aromatic heterocycles. The molecule has 1 saturated heterocycles. The molecule has 4 nitrogen and oxygen atoms in total. The number of nitrogens with zero attached hydrogens (tertiary/aromatic N) is 1. The Morgan fingerprint density at radius 3 is 2.71 bits per heavy atom. The van der Waals surface area contributed by atoms with Gasteiger partial charge in [-0.3, -0.25) is 4.79 Å². The highest BCUT2D eigenvalue weighted by atomic mass is 16.5. The molecule has 1 aliphatic rings. The van der Waals surface area contributed by atoms with Gasteiger partial charge in [0.15, 0.2) is 0 Å². The fourth-order valence-corrected chi connectivity index (χ4v) is 1.90. The molecule has 0 radical (unpaired) electrons. The van der Waals surface area contributed by atoms with Crippen molar-refractivity contribution in [3.8, 4) is 0 Å². The van der Waals surface area contributed by atoms with Crippen LogP contribution >= 0.6 is 0 Å². The largest absolute Gasteiger partial charge is 0.459 e. The van der Waals surface area contributed by atoms with Gasteiger partial charge in [0.05, 0.1) is 0 Å². The van der Waals surface area contributed by atoms with E-state index in [1.807, 2.05) is 30.3 Å². The first-order valence-corrected chi connectivity index (χ1v) is 5.64. The van der Waals surface area contributed by atoms with Crippen molar-refractivity contribution in [3.63, 3.8) is 0 Å². The van der Waals surface area contributed by atoms with Crippen LogP contribution < -0.4 is 0 Å². The number of amides is 1. The topological polar surface area (TPSA) is 46.6 Å². The lowest BCUT2D eigenvalue weighted by Crippen LogP contribution is -2.36. The van der Waals surface area contributed by atoms with E-state index in [2.05, 4.69) is 0 Å². The maximum atomic E-state index is 11.8. The second-order valence-corrected chi connectivity index (χ2v) is 4.15. The van der Waals surface area contributed by atoms with E-state index in [-0.39, 0.29) is 18.5 Å². The standard InChI is InChI=1S/C13H15NO3/c1-14-11(7-8-12(14)15)13(16)17-9-10-5-3-2-4-6-10/h2-6,11H,7-9H2,1H3. The Bertz CT molecular complexity index is 416. The number of likely N-dealkylation sites (N-methyl/N-ethyl adjacent to an activating group) is 1. The summed E-state index contributed by atoms with van der Waals surface area (Å²) in [5, 5.41) is 0. The van der Waals surface area contributed by atoms with Crippen LogP contribution in [-0.4, -0.2) is 29.9 Å². The van der Waals surface area contributed by atoms with E-state index in [0.717, 1.165) is 5.56 Å². The van der Waals surface area contributed by atoms with E-state index in [9.17, 15) is 9.59 Å². The first kappa shape index (κ1) is 11.6. The summed E-state index contributed by atoms with van der Waals surface area (Å²) < 4.78 is 5.20. The molecule has 1 amide bonds. The second-order valence-electron chi connectivity index (χ2n) is 4.15. The molecule has 17 heavy (non-hydrogen) atoms. The minimum absolute atomic E-state index is 0.00617. The Kier molecular flexibility index (Phi) is 3.42. The van der Waals surface area contributed by atoms with Crippen molar-refractivity contribution in [1.82, 2.24) is 4.90 Å². The molecule has 1 aliphatic heterocycles. The zero-order valence-electron chi connectivity index (χ0n) is 9.76. The highest BCUT2D eigenvalue weighted by molar-refractivity contribution is 5.87. The highest BCUT2D eigenvalue weighted by Gasteiger charge is 2.34. The lowest BCUT2D eigenvalue weighted by Gasteiger charge is -2.18. The number of carbonyl (C=O) groups excluding carboxylic acids is 2. The molecule has 0 saturated carbocycles. The van der Waals surface area contributed by atoms with Crippen molar-refractivity contribution >= 4 is 11.9 Å². The van der Waals surface area contributed by atoms with Crippen LogP contribution in [0.2, 0.25) is 0 Å². The van der Waals surface area contributed by atoms with Crippen molar-refractivity contribution in [2.75, 3.05) is 7.05 Å². The zero-order chi connectivity index (χ0) is 12.3. The van der Waals surface area contributed by atoms with Gasteiger partial charge < -0.3 is 9.64 Å². The number of likely N-dealkylation sites (tertiary alicyclic amines) is 1. The molecule has 0 bridgehead atoms. The van der Waals surface area contributed by atoms with E-state index in [0.29, 0.717) is 12.8 Å². The SMILES string of the molecule is CN1C(=O)CCC1C(=O)OCc1ccccc1. The smallest absolute Gasteiger partial charge is 0.329 e. The van der Waals surface area contributed by atoms with Crippen molar-refractivity contribution in [3.05, 3.63) is 35.9 Å². The van der Waals surface area contributed by atoms with Crippen molar-refractivity contribution < 1.29 is 14.3 Å². The highest BCUT2D eigenvalue weighted by Crippen LogP contribution is 2.18. The first-order chi connectivity index (χ1) is 8.18. The summed E-state index contributed by atoms with van der Waals surface area (Å²) in [7, 11) is 1.64. The summed E-state index contributed by atoms with van der Waals surface area (Å²) in [6.07, 6.45) is 0.991. The van der Waals surface area contributed by atoms with Crippen LogP contribution in [0.5, 0.6) is 0 Å². The minimum atomic E-state index is -0.411. The number of esters is 1.